The second-order valence-electron chi connectivity index (χ2n) is 11.9. The largest absolute Gasteiger partial charge is 0.278 e. The maximum absolute atomic E-state index is 13.9. The van der Waals surface area contributed by atoms with Crippen molar-refractivity contribution < 1.29 is 24.1 Å². The summed E-state index contributed by atoms with van der Waals surface area (Å²) in [5.74, 6) is -1.69. The van der Waals surface area contributed by atoms with Crippen molar-refractivity contribution in [2.24, 2.45) is 0 Å². The highest BCUT2D eigenvalue weighted by atomic mass is 16.6. The third kappa shape index (κ3) is 3.29. The maximum Gasteiger partial charge on any atom is 0.278 e. The molecule has 2 heterocycles. The zero-order valence-corrected chi connectivity index (χ0v) is 25.2. The Bertz CT molecular complexity index is 2160. The topological polar surface area (TPSA) is 118 Å². The summed E-state index contributed by atoms with van der Waals surface area (Å²) in [5, 5.41) is 16.9. The Morgan fingerprint density at radius 1 is 0.591 bits per heavy atom. The van der Waals surface area contributed by atoms with Gasteiger partial charge in [-0.05, 0) is 77.9 Å². The van der Waals surface area contributed by atoms with Crippen molar-refractivity contribution in [1.29, 1.82) is 0 Å². The molecule has 0 aromatic heterocycles. The van der Waals surface area contributed by atoms with Gasteiger partial charge >= 0.3 is 0 Å². The van der Waals surface area contributed by atoms with E-state index in [1.54, 1.807) is 30.3 Å². The Hall–Kier alpha value is -4.92. The Morgan fingerprint density at radius 3 is 1.45 bits per heavy atom. The Labute approximate surface area is 252 Å². The van der Waals surface area contributed by atoms with Gasteiger partial charge in [0.15, 0.2) is 0 Å². The van der Waals surface area contributed by atoms with Crippen LogP contribution in [0.3, 0.4) is 0 Å². The number of rotatable bonds is 7. The van der Waals surface area contributed by atoms with Gasteiger partial charge < -0.3 is 0 Å². The molecule has 2 aliphatic rings. The molecule has 0 aliphatic carbocycles. The van der Waals surface area contributed by atoms with E-state index in [1.807, 2.05) is 34.6 Å². The van der Waals surface area contributed by atoms with E-state index in [2.05, 4.69) is 0 Å². The molecule has 0 N–H and O–H groups in total. The molecule has 7 rings (SSSR count). The van der Waals surface area contributed by atoms with Gasteiger partial charge in [-0.25, -0.2) is 0 Å². The fraction of sp³-hybridized carbons (Fsp3) is 0.314. The molecule has 9 nitrogen and oxygen atoms in total. The van der Waals surface area contributed by atoms with E-state index >= 15 is 0 Å². The van der Waals surface area contributed by atoms with Crippen LogP contribution in [0.2, 0.25) is 0 Å². The fourth-order valence-corrected chi connectivity index (χ4v) is 7.80. The van der Waals surface area contributed by atoms with E-state index in [0.717, 1.165) is 10.9 Å². The molecule has 0 saturated heterocycles. The molecular weight excluding hydrogens is 558 g/mol. The molecule has 0 fully saturated rings. The summed E-state index contributed by atoms with van der Waals surface area (Å²) in [4.78, 5) is 70.4. The standard InChI is InChI=1S/C35H31N3O6/c1-6-17(7-2)36-32(39)21-13-11-20-29-25(38(43)44)15-24-28-22(33(40)37(35(24)42)18(8-3)9-4)12-10-19(31(28)29)26-16(5)14-23(34(36)41)27(21)30(20)26/h10-15,17-18H,6-9H2,1-5H3. The molecule has 5 aromatic carbocycles. The number of carbonyl (C=O) groups is 4. The monoisotopic (exact) mass is 589 g/mol. The predicted octanol–water partition coefficient (Wildman–Crippen LogP) is 7.52. The van der Waals surface area contributed by atoms with Crippen LogP contribution < -0.4 is 0 Å². The highest BCUT2D eigenvalue weighted by Crippen LogP contribution is 2.50. The molecule has 2 aliphatic heterocycles. The van der Waals surface area contributed by atoms with Crippen LogP contribution in [0.25, 0.3) is 43.1 Å². The number of aryl methyl sites for hydroxylation is 1. The average molecular weight is 590 g/mol. The SMILES string of the molecule is CCC(CC)N1C(=O)c2ccc3c4c([N+](=O)[O-])cc5c6c(ccc(c7c(C)cc(c2c37)C1=O)c64)C(=O)N(C(CC)CC)C5=O. The van der Waals surface area contributed by atoms with Crippen molar-refractivity contribution in [2.45, 2.75) is 72.4 Å². The molecule has 222 valence electrons. The number of imide groups is 2. The van der Waals surface area contributed by atoms with Gasteiger partial charge in [0.2, 0.25) is 0 Å². The zero-order chi connectivity index (χ0) is 31.4. The summed E-state index contributed by atoms with van der Waals surface area (Å²) in [6, 6.07) is 9.37. The van der Waals surface area contributed by atoms with Crippen molar-refractivity contribution in [3.8, 4) is 0 Å². The number of hydrogen-bond donors (Lipinski definition) is 0. The molecular formula is C35H31N3O6. The second-order valence-corrected chi connectivity index (χ2v) is 11.9. The zero-order valence-electron chi connectivity index (χ0n) is 25.2. The van der Waals surface area contributed by atoms with Crippen LogP contribution in [0, 0.1) is 17.0 Å². The number of nitrogens with zero attached hydrogens (tertiary/aromatic N) is 3. The van der Waals surface area contributed by atoms with Gasteiger partial charge in [-0.2, -0.15) is 0 Å². The maximum atomic E-state index is 13.9. The first-order valence-corrected chi connectivity index (χ1v) is 15.3. The smallest absolute Gasteiger partial charge is 0.271 e. The van der Waals surface area contributed by atoms with Crippen molar-refractivity contribution in [3.63, 3.8) is 0 Å². The Morgan fingerprint density at radius 2 is 1.00 bits per heavy atom. The van der Waals surface area contributed by atoms with E-state index in [4.69, 9.17) is 0 Å². The number of hydrogen-bond acceptors (Lipinski definition) is 6. The number of benzene rings is 5. The van der Waals surface area contributed by atoms with Crippen molar-refractivity contribution in [2.75, 3.05) is 0 Å². The molecule has 0 bridgehead atoms. The Balaban J connectivity index is 1.67. The summed E-state index contributed by atoms with van der Waals surface area (Å²) >= 11 is 0. The summed E-state index contributed by atoms with van der Waals surface area (Å²) in [7, 11) is 0. The number of nitro groups is 1. The fourth-order valence-electron chi connectivity index (χ4n) is 7.80. The first-order chi connectivity index (χ1) is 21.1. The molecule has 0 unspecified atom stereocenters. The Kier molecular flexibility index (Phi) is 6.05. The van der Waals surface area contributed by atoms with Gasteiger partial charge in [0.05, 0.1) is 15.9 Å². The van der Waals surface area contributed by atoms with E-state index in [-0.39, 0.29) is 35.1 Å². The van der Waals surface area contributed by atoms with Crippen LogP contribution in [0.5, 0.6) is 0 Å². The average Bonchev–Trinajstić information content (AvgIpc) is 3.02. The minimum atomic E-state index is -0.534. The van der Waals surface area contributed by atoms with E-state index in [0.29, 0.717) is 80.1 Å². The van der Waals surface area contributed by atoms with Crippen LogP contribution in [0.15, 0.2) is 36.4 Å². The van der Waals surface area contributed by atoms with Gasteiger partial charge in [0.1, 0.15) is 0 Å². The van der Waals surface area contributed by atoms with Gasteiger partial charge in [0.25, 0.3) is 29.3 Å². The molecule has 0 radical (unpaired) electrons. The second kappa shape index (κ2) is 9.54. The minimum Gasteiger partial charge on any atom is -0.271 e. The number of fused-ring (bicyclic) bond motifs is 2. The van der Waals surface area contributed by atoms with E-state index < -0.39 is 16.7 Å². The normalized spacial score (nSPS) is 15.1. The molecule has 0 atom stereocenters. The third-order valence-corrected chi connectivity index (χ3v) is 9.89. The quantitative estimate of drug-likeness (QED) is 0.0637. The van der Waals surface area contributed by atoms with Gasteiger partial charge in [0, 0.05) is 51.0 Å². The molecule has 0 spiro atoms. The number of non-ortho nitro benzene ring substituents is 1. The highest BCUT2D eigenvalue weighted by molar-refractivity contribution is 6.43. The summed E-state index contributed by atoms with van der Waals surface area (Å²) in [6.07, 6.45) is 2.38. The van der Waals surface area contributed by atoms with Gasteiger partial charge in [-0.15, -0.1) is 0 Å². The van der Waals surface area contributed by atoms with Crippen LogP contribution in [0.1, 0.15) is 100 Å². The first-order valence-electron chi connectivity index (χ1n) is 15.3. The lowest BCUT2D eigenvalue weighted by Crippen LogP contribution is -2.46. The van der Waals surface area contributed by atoms with E-state index in [1.165, 1.54) is 15.9 Å². The molecule has 9 heteroatoms. The lowest BCUT2D eigenvalue weighted by Gasteiger charge is -2.34. The number of amides is 4. The van der Waals surface area contributed by atoms with Gasteiger partial charge in [-0.3, -0.25) is 39.1 Å². The van der Waals surface area contributed by atoms with Crippen LogP contribution in [-0.2, 0) is 0 Å². The van der Waals surface area contributed by atoms with Crippen LogP contribution in [0.4, 0.5) is 5.69 Å². The van der Waals surface area contributed by atoms with Crippen LogP contribution in [-0.4, -0.2) is 50.4 Å². The van der Waals surface area contributed by atoms with Gasteiger partial charge in [-0.1, -0.05) is 39.8 Å². The minimum absolute atomic E-state index is 0.136. The van der Waals surface area contributed by atoms with Crippen molar-refractivity contribution >= 4 is 72.4 Å². The van der Waals surface area contributed by atoms with Crippen molar-refractivity contribution in [3.05, 3.63) is 74.3 Å². The summed E-state index contributed by atoms with van der Waals surface area (Å²) in [5.41, 5.74) is 1.76. The summed E-state index contributed by atoms with van der Waals surface area (Å²) in [6.45, 7) is 9.59. The van der Waals surface area contributed by atoms with E-state index in [9.17, 15) is 29.3 Å². The summed E-state index contributed by atoms with van der Waals surface area (Å²) < 4.78 is 0. The number of nitro benzene ring substituents is 1. The number of carbonyl (C=O) groups excluding carboxylic acids is 4. The lowest BCUT2D eigenvalue weighted by molar-refractivity contribution is -0.383. The lowest BCUT2D eigenvalue weighted by atomic mass is 9.80. The molecule has 5 aromatic rings. The molecule has 44 heavy (non-hydrogen) atoms. The third-order valence-electron chi connectivity index (χ3n) is 9.89. The van der Waals surface area contributed by atoms with Crippen molar-refractivity contribution in [1.82, 2.24) is 9.80 Å². The highest BCUT2D eigenvalue weighted by Gasteiger charge is 2.41. The first kappa shape index (κ1) is 27.9. The predicted molar refractivity (Wildman–Crippen MR) is 169 cm³/mol. The van der Waals surface area contributed by atoms with Crippen LogP contribution >= 0.6 is 0 Å². The molecule has 0 saturated carbocycles. The molecule has 4 amide bonds.